The molecule has 0 atom stereocenters. The summed E-state index contributed by atoms with van der Waals surface area (Å²) in [6.45, 7) is 2.88. The van der Waals surface area contributed by atoms with Gasteiger partial charge in [-0.3, -0.25) is 0 Å². The summed E-state index contributed by atoms with van der Waals surface area (Å²) in [6, 6.07) is 6.21. The van der Waals surface area contributed by atoms with Gasteiger partial charge in [-0.15, -0.1) is 12.3 Å². The predicted molar refractivity (Wildman–Crippen MR) is 60.8 cm³/mol. The molecular formula is C11H12BrN. The third-order valence-electron chi connectivity index (χ3n) is 1.71. The monoisotopic (exact) mass is 237 g/mol. The van der Waals surface area contributed by atoms with Crippen molar-refractivity contribution in [3.63, 3.8) is 0 Å². The Hall–Kier alpha value is -0.940. The summed E-state index contributed by atoms with van der Waals surface area (Å²) in [5.74, 6) is 2.59. The van der Waals surface area contributed by atoms with E-state index in [0.29, 0.717) is 0 Å². The maximum Gasteiger partial charge on any atom is 0.0485 e. The third kappa shape index (κ3) is 3.12. The first kappa shape index (κ1) is 10.1. The van der Waals surface area contributed by atoms with Crippen molar-refractivity contribution >= 4 is 21.6 Å². The van der Waals surface area contributed by atoms with Crippen LogP contribution in [0.4, 0.5) is 5.69 Å². The molecule has 13 heavy (non-hydrogen) atoms. The maximum absolute atomic E-state index is 5.15. The van der Waals surface area contributed by atoms with Gasteiger partial charge in [0.05, 0.1) is 0 Å². The maximum atomic E-state index is 5.15. The van der Waals surface area contributed by atoms with Crippen molar-refractivity contribution in [2.75, 3.05) is 11.9 Å². The van der Waals surface area contributed by atoms with Crippen LogP contribution in [-0.2, 0) is 0 Å². The number of aryl methyl sites for hydroxylation is 1. The second-order valence-electron chi connectivity index (χ2n) is 2.86. The standard InChI is InChI=1S/C11H12BrN/c1-3-4-7-13-11-6-5-9(2)8-10(11)12/h1,5-6,8,13H,4,7H2,2H3. The first-order chi connectivity index (χ1) is 6.24. The molecule has 68 valence electrons. The Labute approximate surface area is 87.7 Å². The minimum Gasteiger partial charge on any atom is -0.383 e. The summed E-state index contributed by atoms with van der Waals surface area (Å²) in [7, 11) is 0. The number of nitrogens with one attached hydrogen (secondary N) is 1. The lowest BCUT2D eigenvalue weighted by molar-refractivity contribution is 1.09. The molecule has 0 saturated carbocycles. The van der Waals surface area contributed by atoms with E-state index < -0.39 is 0 Å². The number of anilines is 1. The van der Waals surface area contributed by atoms with Gasteiger partial charge in [-0.2, -0.15) is 0 Å². The van der Waals surface area contributed by atoms with Gasteiger partial charge in [-0.1, -0.05) is 6.07 Å². The molecule has 0 aliphatic heterocycles. The lowest BCUT2D eigenvalue weighted by atomic mass is 10.2. The molecule has 0 aromatic heterocycles. The topological polar surface area (TPSA) is 12.0 Å². The lowest BCUT2D eigenvalue weighted by Crippen LogP contribution is -2.00. The summed E-state index contributed by atoms with van der Waals surface area (Å²) in [5.41, 5.74) is 2.34. The number of halogens is 1. The van der Waals surface area contributed by atoms with Gasteiger partial charge in [-0.05, 0) is 40.5 Å². The predicted octanol–water partition coefficient (Wildman–Crippen LogP) is 3.19. The molecule has 0 bridgehead atoms. The molecular weight excluding hydrogens is 226 g/mol. The molecule has 1 rings (SSSR count). The van der Waals surface area contributed by atoms with E-state index in [2.05, 4.69) is 52.3 Å². The Morgan fingerprint density at radius 1 is 1.54 bits per heavy atom. The van der Waals surface area contributed by atoms with Crippen molar-refractivity contribution in [1.82, 2.24) is 0 Å². The number of rotatable bonds is 3. The van der Waals surface area contributed by atoms with Gasteiger partial charge in [0.25, 0.3) is 0 Å². The van der Waals surface area contributed by atoms with Gasteiger partial charge in [0.15, 0.2) is 0 Å². The molecule has 0 unspecified atom stereocenters. The van der Waals surface area contributed by atoms with Crippen molar-refractivity contribution < 1.29 is 0 Å². The number of benzene rings is 1. The Bertz CT molecular complexity index is 325. The zero-order chi connectivity index (χ0) is 9.68. The van der Waals surface area contributed by atoms with Crippen molar-refractivity contribution in [1.29, 1.82) is 0 Å². The molecule has 0 amide bonds. The highest BCUT2D eigenvalue weighted by atomic mass is 79.9. The van der Waals surface area contributed by atoms with Gasteiger partial charge in [0, 0.05) is 23.1 Å². The molecule has 0 spiro atoms. The molecule has 1 aromatic carbocycles. The van der Waals surface area contributed by atoms with Crippen LogP contribution in [0.2, 0.25) is 0 Å². The minimum absolute atomic E-state index is 0.750. The fourth-order valence-corrected chi connectivity index (χ4v) is 1.67. The summed E-state index contributed by atoms with van der Waals surface area (Å²) < 4.78 is 1.09. The van der Waals surface area contributed by atoms with Gasteiger partial charge in [-0.25, -0.2) is 0 Å². The quantitative estimate of drug-likeness (QED) is 0.629. The normalized spacial score (nSPS) is 9.31. The SMILES string of the molecule is C#CCCNc1ccc(C)cc1Br. The molecule has 0 fully saturated rings. The smallest absolute Gasteiger partial charge is 0.0485 e. The van der Waals surface area contributed by atoms with E-state index in [1.807, 2.05) is 0 Å². The van der Waals surface area contributed by atoms with Crippen LogP contribution in [0.3, 0.4) is 0 Å². The highest BCUT2D eigenvalue weighted by Gasteiger charge is 1.97. The Kier molecular flexibility index (Phi) is 3.85. The highest BCUT2D eigenvalue weighted by molar-refractivity contribution is 9.10. The van der Waals surface area contributed by atoms with E-state index in [1.165, 1.54) is 5.56 Å². The largest absolute Gasteiger partial charge is 0.383 e. The van der Waals surface area contributed by atoms with Crippen LogP contribution in [0, 0.1) is 19.3 Å². The molecule has 0 aliphatic rings. The highest BCUT2D eigenvalue weighted by Crippen LogP contribution is 2.22. The minimum atomic E-state index is 0.750. The third-order valence-corrected chi connectivity index (χ3v) is 2.37. The van der Waals surface area contributed by atoms with Crippen LogP contribution >= 0.6 is 15.9 Å². The van der Waals surface area contributed by atoms with Crippen molar-refractivity contribution in [3.8, 4) is 12.3 Å². The van der Waals surface area contributed by atoms with Crippen molar-refractivity contribution in [2.45, 2.75) is 13.3 Å². The molecule has 1 N–H and O–H groups in total. The number of hydrogen-bond acceptors (Lipinski definition) is 1. The van der Waals surface area contributed by atoms with Crippen LogP contribution in [0.15, 0.2) is 22.7 Å². The summed E-state index contributed by atoms with van der Waals surface area (Å²) in [4.78, 5) is 0. The average Bonchev–Trinajstić information content (AvgIpc) is 2.09. The number of terminal acetylenes is 1. The van der Waals surface area contributed by atoms with Crippen molar-refractivity contribution in [3.05, 3.63) is 28.2 Å². The van der Waals surface area contributed by atoms with E-state index in [4.69, 9.17) is 6.42 Å². The van der Waals surface area contributed by atoms with Crippen molar-refractivity contribution in [2.24, 2.45) is 0 Å². The fourth-order valence-electron chi connectivity index (χ4n) is 1.03. The zero-order valence-corrected chi connectivity index (χ0v) is 9.19. The second kappa shape index (κ2) is 4.94. The van der Waals surface area contributed by atoms with Crippen LogP contribution in [0.1, 0.15) is 12.0 Å². The fraction of sp³-hybridized carbons (Fsp3) is 0.273. The summed E-state index contributed by atoms with van der Waals surface area (Å²) in [5, 5.41) is 3.25. The average molecular weight is 238 g/mol. The molecule has 0 heterocycles. The Morgan fingerprint density at radius 3 is 2.92 bits per heavy atom. The molecule has 0 saturated heterocycles. The van der Waals surface area contributed by atoms with E-state index in [9.17, 15) is 0 Å². The molecule has 1 nitrogen and oxygen atoms in total. The summed E-state index contributed by atoms with van der Waals surface area (Å²) in [6.07, 6.45) is 5.90. The van der Waals surface area contributed by atoms with Gasteiger partial charge >= 0.3 is 0 Å². The van der Waals surface area contributed by atoms with Crippen LogP contribution in [-0.4, -0.2) is 6.54 Å². The first-order valence-electron chi connectivity index (χ1n) is 4.17. The first-order valence-corrected chi connectivity index (χ1v) is 4.97. The van der Waals surface area contributed by atoms with Gasteiger partial charge < -0.3 is 5.32 Å². The van der Waals surface area contributed by atoms with Gasteiger partial charge in [0.2, 0.25) is 0 Å². The van der Waals surface area contributed by atoms with E-state index in [1.54, 1.807) is 0 Å². The molecule has 0 aliphatic carbocycles. The molecule has 2 heteroatoms. The van der Waals surface area contributed by atoms with Gasteiger partial charge in [0.1, 0.15) is 0 Å². The van der Waals surface area contributed by atoms with Crippen LogP contribution < -0.4 is 5.32 Å². The van der Waals surface area contributed by atoms with E-state index in [-0.39, 0.29) is 0 Å². The summed E-state index contributed by atoms with van der Waals surface area (Å²) >= 11 is 3.49. The van der Waals surface area contributed by atoms with E-state index in [0.717, 1.165) is 23.1 Å². The number of hydrogen-bond donors (Lipinski definition) is 1. The lowest BCUT2D eigenvalue weighted by Gasteiger charge is -2.07. The van der Waals surface area contributed by atoms with Crippen LogP contribution in [0.25, 0.3) is 0 Å². The zero-order valence-electron chi connectivity index (χ0n) is 7.60. The van der Waals surface area contributed by atoms with Crippen LogP contribution in [0.5, 0.6) is 0 Å². The second-order valence-corrected chi connectivity index (χ2v) is 3.72. The Morgan fingerprint density at radius 2 is 2.31 bits per heavy atom. The Balaban J connectivity index is 2.62. The van der Waals surface area contributed by atoms with E-state index >= 15 is 0 Å². The molecule has 0 radical (unpaired) electrons. The molecule has 1 aromatic rings.